The molecule has 0 saturated carbocycles. The summed E-state index contributed by atoms with van der Waals surface area (Å²) in [4.78, 5) is 2.32. The Kier molecular flexibility index (Phi) is 5.75. The molecule has 1 aliphatic heterocycles. The second-order valence-corrected chi connectivity index (χ2v) is 4.80. The first-order valence-corrected chi connectivity index (χ1v) is 6.11. The van der Waals surface area contributed by atoms with Crippen molar-refractivity contribution in [1.82, 2.24) is 10.2 Å². The first-order chi connectivity index (χ1) is 7.61. The van der Waals surface area contributed by atoms with Gasteiger partial charge in [0.25, 0.3) is 0 Å². The van der Waals surface area contributed by atoms with Crippen molar-refractivity contribution < 1.29 is 4.74 Å². The zero-order valence-electron chi connectivity index (χ0n) is 10.6. The van der Waals surface area contributed by atoms with E-state index >= 15 is 0 Å². The van der Waals surface area contributed by atoms with Crippen LogP contribution in [-0.4, -0.2) is 49.3 Å². The highest BCUT2D eigenvalue weighted by molar-refractivity contribution is 4.93. The predicted molar refractivity (Wildman–Crippen MR) is 64.1 cm³/mol. The third kappa shape index (κ3) is 4.93. The van der Waals surface area contributed by atoms with Crippen LogP contribution < -0.4 is 5.32 Å². The maximum atomic E-state index is 9.07. The Hall–Kier alpha value is -0.630. The molecule has 16 heavy (non-hydrogen) atoms. The first kappa shape index (κ1) is 13.4. The van der Waals surface area contributed by atoms with Gasteiger partial charge in [0.05, 0.1) is 12.2 Å². The number of nitriles is 1. The van der Waals surface area contributed by atoms with Crippen LogP contribution in [0.2, 0.25) is 0 Å². The van der Waals surface area contributed by atoms with Gasteiger partial charge in [0.15, 0.2) is 0 Å². The molecule has 0 aromatic carbocycles. The normalized spacial score (nSPS) is 25.1. The Morgan fingerprint density at radius 1 is 1.56 bits per heavy atom. The Morgan fingerprint density at radius 2 is 2.31 bits per heavy atom. The van der Waals surface area contributed by atoms with Crippen molar-refractivity contribution in [2.24, 2.45) is 0 Å². The van der Waals surface area contributed by atoms with Gasteiger partial charge in [-0.05, 0) is 27.2 Å². The fourth-order valence-electron chi connectivity index (χ4n) is 2.04. The highest BCUT2D eigenvalue weighted by atomic mass is 16.5. The molecule has 0 radical (unpaired) electrons. The second-order valence-electron chi connectivity index (χ2n) is 4.80. The van der Waals surface area contributed by atoms with E-state index in [9.17, 15) is 0 Å². The van der Waals surface area contributed by atoms with Gasteiger partial charge < -0.3 is 4.74 Å². The molecule has 0 bridgehead atoms. The number of nitrogens with zero attached hydrogens (tertiary/aromatic N) is 2. The Labute approximate surface area is 98.6 Å². The van der Waals surface area contributed by atoms with Crippen molar-refractivity contribution in [2.45, 2.75) is 45.4 Å². The third-order valence-electron chi connectivity index (χ3n) is 2.67. The van der Waals surface area contributed by atoms with Crippen LogP contribution in [0.3, 0.4) is 0 Å². The molecule has 1 fully saturated rings. The number of rotatable bonds is 4. The smallest absolute Gasteiger partial charge is 0.108 e. The summed E-state index contributed by atoms with van der Waals surface area (Å²) in [6, 6.07) is 2.60. The van der Waals surface area contributed by atoms with E-state index in [4.69, 9.17) is 10.00 Å². The van der Waals surface area contributed by atoms with E-state index in [0.29, 0.717) is 6.04 Å². The van der Waals surface area contributed by atoms with Gasteiger partial charge in [0.1, 0.15) is 6.04 Å². The van der Waals surface area contributed by atoms with Crippen LogP contribution in [0.15, 0.2) is 0 Å². The first-order valence-electron chi connectivity index (χ1n) is 6.11. The highest BCUT2D eigenvalue weighted by Gasteiger charge is 2.18. The lowest BCUT2D eigenvalue weighted by atomic mass is 10.2. The van der Waals surface area contributed by atoms with Crippen LogP contribution in [0.25, 0.3) is 0 Å². The van der Waals surface area contributed by atoms with Crippen molar-refractivity contribution in [3.63, 3.8) is 0 Å². The number of hydrogen-bond acceptors (Lipinski definition) is 4. The zero-order chi connectivity index (χ0) is 12.0. The maximum Gasteiger partial charge on any atom is 0.108 e. The summed E-state index contributed by atoms with van der Waals surface area (Å²) in [5.74, 6) is 0. The van der Waals surface area contributed by atoms with Gasteiger partial charge >= 0.3 is 0 Å². The molecule has 92 valence electrons. The summed E-state index contributed by atoms with van der Waals surface area (Å²) in [7, 11) is 0. The van der Waals surface area contributed by atoms with Crippen molar-refractivity contribution in [1.29, 1.82) is 5.26 Å². The minimum atomic E-state index is -0.0784. The highest BCUT2D eigenvalue weighted by Crippen LogP contribution is 2.06. The van der Waals surface area contributed by atoms with Gasteiger partial charge in [-0.2, -0.15) is 5.26 Å². The standard InChI is InChI=1S/C12H23N3O/c1-10(2)14-12(7-13)9-15-5-4-6-16-11(3)8-15/h10-12,14H,4-6,8-9H2,1-3H3. The lowest BCUT2D eigenvalue weighted by Gasteiger charge is -2.25. The van der Waals surface area contributed by atoms with Gasteiger partial charge in [-0.3, -0.25) is 10.2 Å². The lowest BCUT2D eigenvalue weighted by Crippen LogP contribution is -2.44. The second kappa shape index (κ2) is 6.85. The molecule has 0 aliphatic carbocycles. The van der Waals surface area contributed by atoms with Crippen LogP contribution in [0.1, 0.15) is 27.2 Å². The molecule has 1 rings (SSSR count). The molecule has 2 atom stereocenters. The monoisotopic (exact) mass is 225 g/mol. The fourth-order valence-corrected chi connectivity index (χ4v) is 2.04. The summed E-state index contributed by atoms with van der Waals surface area (Å²) in [5.41, 5.74) is 0. The fraction of sp³-hybridized carbons (Fsp3) is 0.917. The molecule has 1 heterocycles. The van der Waals surface area contributed by atoms with Crippen molar-refractivity contribution in [2.75, 3.05) is 26.2 Å². The molecule has 1 aliphatic rings. The van der Waals surface area contributed by atoms with Crippen molar-refractivity contribution in [3.8, 4) is 6.07 Å². The quantitative estimate of drug-likeness (QED) is 0.775. The summed E-state index contributed by atoms with van der Waals surface area (Å²) in [6.07, 6.45) is 1.34. The SMILES string of the molecule is CC(C)NC(C#N)CN1CCCOC(C)C1. The molecule has 0 aromatic rings. The van der Waals surface area contributed by atoms with Crippen LogP contribution in [0.4, 0.5) is 0 Å². The van der Waals surface area contributed by atoms with E-state index < -0.39 is 0 Å². The average Bonchev–Trinajstić information content (AvgIpc) is 2.41. The van der Waals surface area contributed by atoms with E-state index in [-0.39, 0.29) is 12.1 Å². The molecule has 1 N–H and O–H groups in total. The Balaban J connectivity index is 2.41. The summed E-state index contributed by atoms with van der Waals surface area (Å²) >= 11 is 0. The zero-order valence-corrected chi connectivity index (χ0v) is 10.6. The largest absolute Gasteiger partial charge is 0.377 e. The molecule has 0 amide bonds. The topological polar surface area (TPSA) is 48.3 Å². The molecular weight excluding hydrogens is 202 g/mol. The molecule has 1 saturated heterocycles. The van der Waals surface area contributed by atoms with E-state index in [2.05, 4.69) is 37.1 Å². The van der Waals surface area contributed by atoms with Crippen LogP contribution in [-0.2, 0) is 4.74 Å². The van der Waals surface area contributed by atoms with Gasteiger partial charge in [-0.15, -0.1) is 0 Å². The third-order valence-corrected chi connectivity index (χ3v) is 2.67. The van der Waals surface area contributed by atoms with Gasteiger partial charge in [0, 0.05) is 32.3 Å². The van der Waals surface area contributed by atoms with E-state index in [1.54, 1.807) is 0 Å². The summed E-state index contributed by atoms with van der Waals surface area (Å²) < 4.78 is 5.58. The van der Waals surface area contributed by atoms with E-state index in [1.165, 1.54) is 0 Å². The van der Waals surface area contributed by atoms with Gasteiger partial charge in [-0.1, -0.05) is 0 Å². The Morgan fingerprint density at radius 3 is 2.94 bits per heavy atom. The predicted octanol–water partition coefficient (Wildman–Crippen LogP) is 0.987. The minimum absolute atomic E-state index is 0.0784. The van der Waals surface area contributed by atoms with Gasteiger partial charge in [0.2, 0.25) is 0 Å². The molecule has 0 aromatic heterocycles. The average molecular weight is 225 g/mol. The maximum absolute atomic E-state index is 9.07. The molecule has 4 heteroatoms. The molecule has 2 unspecified atom stereocenters. The van der Waals surface area contributed by atoms with Crippen molar-refractivity contribution >= 4 is 0 Å². The molecule has 4 nitrogen and oxygen atoms in total. The number of nitrogens with one attached hydrogen (secondary N) is 1. The molecular formula is C12H23N3O. The molecule has 0 spiro atoms. The summed E-state index contributed by atoms with van der Waals surface area (Å²) in [5, 5.41) is 12.3. The Bertz CT molecular complexity index is 237. The minimum Gasteiger partial charge on any atom is -0.377 e. The van der Waals surface area contributed by atoms with Crippen LogP contribution in [0.5, 0.6) is 0 Å². The summed E-state index contributed by atoms with van der Waals surface area (Å²) in [6.45, 7) is 9.82. The lowest BCUT2D eigenvalue weighted by molar-refractivity contribution is 0.0671. The van der Waals surface area contributed by atoms with Crippen molar-refractivity contribution in [3.05, 3.63) is 0 Å². The number of hydrogen-bond donors (Lipinski definition) is 1. The van der Waals surface area contributed by atoms with E-state index in [1.807, 2.05) is 0 Å². The van der Waals surface area contributed by atoms with Crippen LogP contribution in [0, 0.1) is 11.3 Å². The number of ether oxygens (including phenoxy) is 1. The van der Waals surface area contributed by atoms with Gasteiger partial charge in [-0.25, -0.2) is 0 Å². The van der Waals surface area contributed by atoms with E-state index in [0.717, 1.165) is 32.7 Å². The van der Waals surface area contributed by atoms with Crippen LogP contribution >= 0.6 is 0 Å².